The van der Waals surface area contributed by atoms with E-state index in [-0.39, 0.29) is 17.8 Å². The van der Waals surface area contributed by atoms with Crippen LogP contribution in [0.2, 0.25) is 0 Å². The maximum Gasteiger partial charge on any atom is 0.267 e. The SMILES string of the molecule is CN[C@H]1CCN([C@@H]2CCC[C@@H](NC(=O)c3cc4c(F)ccc(C)c4[nH]3)C2)C1. The number of fused-ring (bicyclic) bond motifs is 1. The van der Waals surface area contributed by atoms with Gasteiger partial charge in [-0.3, -0.25) is 9.69 Å². The van der Waals surface area contributed by atoms with Crippen LogP contribution in [0.1, 0.15) is 48.2 Å². The molecule has 1 aromatic carbocycles. The van der Waals surface area contributed by atoms with E-state index in [0.717, 1.165) is 37.9 Å². The van der Waals surface area contributed by atoms with Crippen LogP contribution < -0.4 is 10.6 Å². The van der Waals surface area contributed by atoms with Gasteiger partial charge in [0.05, 0.1) is 5.52 Å². The molecule has 0 unspecified atom stereocenters. The lowest BCUT2D eigenvalue weighted by atomic mass is 9.90. The smallest absolute Gasteiger partial charge is 0.267 e. The molecule has 2 aliphatic rings. The van der Waals surface area contributed by atoms with E-state index in [1.807, 2.05) is 14.0 Å². The summed E-state index contributed by atoms with van der Waals surface area (Å²) in [5.74, 6) is -0.429. The molecule has 1 aromatic heterocycles. The van der Waals surface area contributed by atoms with Crippen LogP contribution in [0.25, 0.3) is 10.9 Å². The maximum absolute atomic E-state index is 14.0. The Hall–Kier alpha value is -1.92. The number of aromatic nitrogens is 1. The van der Waals surface area contributed by atoms with E-state index >= 15 is 0 Å². The van der Waals surface area contributed by atoms with E-state index in [0.29, 0.717) is 28.7 Å². The number of aryl methyl sites for hydroxylation is 1. The summed E-state index contributed by atoms with van der Waals surface area (Å²) in [5, 5.41) is 7.04. The van der Waals surface area contributed by atoms with Crippen molar-refractivity contribution in [2.24, 2.45) is 0 Å². The van der Waals surface area contributed by atoms with Crippen molar-refractivity contribution in [1.29, 1.82) is 0 Å². The Morgan fingerprint density at radius 3 is 2.85 bits per heavy atom. The Bertz CT molecular complexity index is 794. The minimum Gasteiger partial charge on any atom is -0.350 e. The highest BCUT2D eigenvalue weighted by molar-refractivity contribution is 5.99. The van der Waals surface area contributed by atoms with Gasteiger partial charge < -0.3 is 15.6 Å². The summed E-state index contributed by atoms with van der Waals surface area (Å²) in [4.78, 5) is 18.4. The molecule has 1 saturated carbocycles. The zero-order valence-corrected chi connectivity index (χ0v) is 16.1. The number of halogens is 1. The van der Waals surface area contributed by atoms with E-state index in [1.54, 1.807) is 12.1 Å². The van der Waals surface area contributed by atoms with Crippen LogP contribution in [0.15, 0.2) is 18.2 Å². The quantitative estimate of drug-likeness (QED) is 0.773. The fourth-order valence-electron chi connectivity index (χ4n) is 4.69. The molecule has 1 amide bonds. The number of likely N-dealkylation sites (tertiary alicyclic amines) is 1. The number of nitrogens with zero attached hydrogens (tertiary/aromatic N) is 1. The van der Waals surface area contributed by atoms with E-state index in [2.05, 4.69) is 20.5 Å². The third kappa shape index (κ3) is 3.73. The fraction of sp³-hybridized carbons (Fsp3) is 0.571. The van der Waals surface area contributed by atoms with Crippen LogP contribution in [-0.4, -0.2) is 54.1 Å². The summed E-state index contributed by atoms with van der Waals surface area (Å²) < 4.78 is 14.0. The van der Waals surface area contributed by atoms with Gasteiger partial charge in [-0.25, -0.2) is 4.39 Å². The summed E-state index contributed by atoms with van der Waals surface area (Å²) in [6.45, 7) is 4.15. The average molecular weight is 372 g/mol. The van der Waals surface area contributed by atoms with Crippen LogP contribution in [0.5, 0.6) is 0 Å². The van der Waals surface area contributed by atoms with Crippen molar-refractivity contribution in [2.45, 2.75) is 57.2 Å². The summed E-state index contributed by atoms with van der Waals surface area (Å²) in [6, 6.07) is 6.13. The minimum absolute atomic E-state index is 0.134. The minimum atomic E-state index is -0.295. The molecule has 2 heterocycles. The van der Waals surface area contributed by atoms with Gasteiger partial charge in [-0.15, -0.1) is 0 Å². The van der Waals surface area contributed by atoms with Gasteiger partial charge in [-0.2, -0.15) is 0 Å². The summed E-state index contributed by atoms with van der Waals surface area (Å²) >= 11 is 0. The number of carbonyl (C=O) groups excluding carboxylic acids is 1. The second-order valence-electron chi connectivity index (χ2n) is 8.10. The predicted octanol–water partition coefficient (Wildman–Crippen LogP) is 2.95. The third-order valence-corrected chi connectivity index (χ3v) is 6.32. The van der Waals surface area contributed by atoms with Crippen LogP contribution in [-0.2, 0) is 0 Å². The van der Waals surface area contributed by atoms with E-state index in [9.17, 15) is 9.18 Å². The number of aromatic amines is 1. The molecule has 3 N–H and O–H groups in total. The first kappa shape index (κ1) is 18.4. The van der Waals surface area contributed by atoms with Gasteiger partial charge in [0.25, 0.3) is 5.91 Å². The number of benzene rings is 1. The van der Waals surface area contributed by atoms with Gasteiger partial charge in [0, 0.05) is 36.6 Å². The Kier molecular flexibility index (Phi) is 5.19. The molecule has 0 bridgehead atoms. The van der Waals surface area contributed by atoms with E-state index in [4.69, 9.17) is 0 Å². The number of hydrogen-bond donors (Lipinski definition) is 3. The lowest BCUT2D eigenvalue weighted by Crippen LogP contribution is -2.46. The van der Waals surface area contributed by atoms with Crippen molar-refractivity contribution in [2.75, 3.05) is 20.1 Å². The first-order valence-electron chi connectivity index (χ1n) is 10.0. The van der Waals surface area contributed by atoms with Crippen LogP contribution in [0.3, 0.4) is 0 Å². The Labute approximate surface area is 159 Å². The molecule has 1 saturated heterocycles. The number of likely N-dealkylation sites (N-methyl/N-ethyl adjacent to an activating group) is 1. The molecule has 6 heteroatoms. The van der Waals surface area contributed by atoms with Crippen LogP contribution >= 0.6 is 0 Å². The molecular formula is C21H29FN4O. The Morgan fingerprint density at radius 2 is 2.11 bits per heavy atom. The summed E-state index contributed by atoms with van der Waals surface area (Å²) in [7, 11) is 2.03. The molecule has 0 radical (unpaired) electrons. The first-order valence-corrected chi connectivity index (χ1v) is 10.0. The van der Waals surface area contributed by atoms with Gasteiger partial charge in [-0.05, 0) is 63.8 Å². The van der Waals surface area contributed by atoms with Gasteiger partial charge in [0.15, 0.2) is 0 Å². The van der Waals surface area contributed by atoms with Crippen molar-refractivity contribution < 1.29 is 9.18 Å². The van der Waals surface area contributed by atoms with Gasteiger partial charge in [0.2, 0.25) is 0 Å². The van der Waals surface area contributed by atoms with Crippen LogP contribution in [0, 0.1) is 12.7 Å². The number of nitrogens with one attached hydrogen (secondary N) is 3. The van der Waals surface area contributed by atoms with Crippen LogP contribution in [0.4, 0.5) is 4.39 Å². The van der Waals surface area contributed by atoms with Gasteiger partial charge in [0.1, 0.15) is 11.5 Å². The summed E-state index contributed by atoms with van der Waals surface area (Å²) in [6.07, 6.45) is 5.55. The number of rotatable bonds is 4. The molecule has 1 aliphatic carbocycles. The van der Waals surface area contributed by atoms with Gasteiger partial charge >= 0.3 is 0 Å². The Morgan fingerprint density at radius 1 is 1.26 bits per heavy atom. The molecule has 1 aliphatic heterocycles. The highest BCUT2D eigenvalue weighted by Gasteiger charge is 2.32. The molecule has 4 rings (SSSR count). The second kappa shape index (κ2) is 7.60. The zero-order chi connectivity index (χ0) is 19.0. The van der Waals surface area contributed by atoms with Crippen molar-refractivity contribution in [1.82, 2.24) is 20.5 Å². The first-order chi connectivity index (χ1) is 13.0. The number of H-pyrrole nitrogens is 1. The van der Waals surface area contributed by atoms with Crippen molar-refractivity contribution in [3.63, 3.8) is 0 Å². The fourth-order valence-corrected chi connectivity index (χ4v) is 4.69. The predicted molar refractivity (Wildman–Crippen MR) is 106 cm³/mol. The molecule has 0 spiro atoms. The zero-order valence-electron chi connectivity index (χ0n) is 16.1. The molecule has 146 valence electrons. The average Bonchev–Trinajstić information content (AvgIpc) is 3.33. The largest absolute Gasteiger partial charge is 0.350 e. The normalized spacial score (nSPS) is 26.6. The van der Waals surface area contributed by atoms with Crippen molar-refractivity contribution in [3.05, 3.63) is 35.3 Å². The number of hydrogen-bond acceptors (Lipinski definition) is 3. The summed E-state index contributed by atoms with van der Waals surface area (Å²) in [5.41, 5.74) is 2.09. The second-order valence-corrected chi connectivity index (χ2v) is 8.10. The monoisotopic (exact) mass is 372 g/mol. The Balaban J connectivity index is 1.42. The van der Waals surface area contributed by atoms with E-state index in [1.165, 1.54) is 18.9 Å². The lowest BCUT2D eigenvalue weighted by Gasteiger charge is -2.35. The highest BCUT2D eigenvalue weighted by atomic mass is 19.1. The number of amides is 1. The molecule has 3 atom stereocenters. The molecule has 2 aromatic rings. The van der Waals surface area contributed by atoms with Crippen molar-refractivity contribution in [3.8, 4) is 0 Å². The molecule has 5 nitrogen and oxygen atoms in total. The molecule has 2 fully saturated rings. The van der Waals surface area contributed by atoms with Gasteiger partial charge in [-0.1, -0.05) is 6.07 Å². The third-order valence-electron chi connectivity index (χ3n) is 6.32. The molecule has 27 heavy (non-hydrogen) atoms. The lowest BCUT2D eigenvalue weighted by molar-refractivity contribution is 0.0899. The van der Waals surface area contributed by atoms with E-state index < -0.39 is 0 Å². The number of carbonyl (C=O) groups is 1. The maximum atomic E-state index is 14.0. The highest BCUT2D eigenvalue weighted by Crippen LogP contribution is 2.27. The molecular weight excluding hydrogens is 343 g/mol. The van der Waals surface area contributed by atoms with Crippen molar-refractivity contribution >= 4 is 16.8 Å². The standard InChI is InChI=1S/C21H29FN4O/c1-13-6-7-18(22)17-11-19(25-20(13)17)21(27)24-14-4-3-5-16(10-14)26-9-8-15(12-26)23-2/h6-7,11,14-16,23,25H,3-5,8-10,12H2,1-2H3,(H,24,27)/t14-,15+,16-/m1/s1. The topological polar surface area (TPSA) is 60.2 Å².